The van der Waals surface area contributed by atoms with Crippen molar-refractivity contribution < 1.29 is 4.74 Å². The fraction of sp³-hybridized carbons (Fsp3) is 0.294. The summed E-state index contributed by atoms with van der Waals surface area (Å²) < 4.78 is 7.52. The Bertz CT molecular complexity index is 760. The van der Waals surface area contributed by atoms with Gasteiger partial charge in [-0.3, -0.25) is 4.99 Å². The van der Waals surface area contributed by atoms with E-state index < -0.39 is 0 Å². The predicted molar refractivity (Wildman–Crippen MR) is 90.9 cm³/mol. The second kappa shape index (κ2) is 6.66. The van der Waals surface area contributed by atoms with Gasteiger partial charge < -0.3 is 14.7 Å². The summed E-state index contributed by atoms with van der Waals surface area (Å²) >= 11 is 0. The molecule has 3 rings (SSSR count). The first-order valence-electron chi connectivity index (χ1n) is 7.59. The van der Waals surface area contributed by atoms with Crippen LogP contribution in [0.5, 0.6) is 5.75 Å². The monoisotopic (exact) mass is 311 g/mol. The Hall–Kier alpha value is -2.60. The maximum absolute atomic E-state index is 5.55. The van der Waals surface area contributed by atoms with Crippen LogP contribution in [0.2, 0.25) is 0 Å². The second-order valence-electron chi connectivity index (χ2n) is 5.50. The molecule has 23 heavy (non-hydrogen) atoms. The minimum atomic E-state index is 0.766. The van der Waals surface area contributed by atoms with Crippen molar-refractivity contribution in [1.82, 2.24) is 15.0 Å². The van der Waals surface area contributed by atoms with E-state index in [0.717, 1.165) is 53.5 Å². The number of rotatable bonds is 4. The first-order chi connectivity index (χ1) is 11.2. The average molecular weight is 311 g/mol. The number of benzene rings is 1. The summed E-state index contributed by atoms with van der Waals surface area (Å²) in [6, 6.07) is 6.19. The van der Waals surface area contributed by atoms with Crippen molar-refractivity contribution >= 4 is 5.84 Å². The molecular formula is C17H21N5O. The largest absolute Gasteiger partial charge is 0.495 e. The van der Waals surface area contributed by atoms with Gasteiger partial charge in [0.1, 0.15) is 11.6 Å². The van der Waals surface area contributed by atoms with Gasteiger partial charge in [0.2, 0.25) is 0 Å². The van der Waals surface area contributed by atoms with E-state index in [1.165, 1.54) is 0 Å². The van der Waals surface area contributed by atoms with Gasteiger partial charge in [-0.1, -0.05) is 12.1 Å². The van der Waals surface area contributed by atoms with Crippen LogP contribution < -0.4 is 16.0 Å². The summed E-state index contributed by atoms with van der Waals surface area (Å²) in [5, 5.41) is 0. The first kappa shape index (κ1) is 15.3. The molecule has 0 radical (unpaired) electrons. The van der Waals surface area contributed by atoms with Crippen LogP contribution in [-0.2, 0) is 6.42 Å². The van der Waals surface area contributed by atoms with Crippen LogP contribution in [0.4, 0.5) is 0 Å². The molecule has 0 bridgehead atoms. The number of imidazole rings is 1. The topological polar surface area (TPSA) is 77.5 Å². The number of aliphatic imine (C=N–C) groups is 1. The van der Waals surface area contributed by atoms with E-state index in [2.05, 4.69) is 27.5 Å². The Balaban J connectivity index is 1.87. The number of nitrogens with zero attached hydrogens (tertiary/aromatic N) is 3. The van der Waals surface area contributed by atoms with Gasteiger partial charge in [-0.05, 0) is 36.6 Å². The van der Waals surface area contributed by atoms with E-state index in [9.17, 15) is 0 Å². The van der Waals surface area contributed by atoms with Crippen LogP contribution in [0, 0.1) is 6.92 Å². The number of methoxy groups -OCH3 is 1. The summed E-state index contributed by atoms with van der Waals surface area (Å²) in [4.78, 5) is 8.67. The number of amidine groups is 1. The summed E-state index contributed by atoms with van der Waals surface area (Å²) in [5.74, 6) is 7.13. The Morgan fingerprint density at radius 2 is 2.26 bits per heavy atom. The molecule has 3 N–H and O–H groups in total. The molecule has 2 heterocycles. The van der Waals surface area contributed by atoms with E-state index in [0.29, 0.717) is 0 Å². The Morgan fingerprint density at radius 3 is 2.96 bits per heavy atom. The number of nitrogens with one attached hydrogen (secondary N) is 1. The van der Waals surface area contributed by atoms with E-state index in [-0.39, 0.29) is 0 Å². The van der Waals surface area contributed by atoms with Crippen molar-refractivity contribution in [3.63, 3.8) is 0 Å². The second-order valence-corrected chi connectivity index (χ2v) is 5.50. The standard InChI is InChI=1S/C17H21N5O/c1-12-10-22(11-20-12)15-6-5-13(9-16(15)23-2)8-14-4-3-7-19-17(14)21-18/h4-6,9-11H,3,7-8,18H2,1-2H3,(H,19,21). The number of hydrazine groups is 1. The SMILES string of the molecule is COc1cc(CC2=CCCN=C2NN)ccc1-n1cnc(C)c1. The zero-order valence-corrected chi connectivity index (χ0v) is 13.4. The Kier molecular flexibility index (Phi) is 4.43. The van der Waals surface area contributed by atoms with Crippen LogP contribution in [0.1, 0.15) is 17.7 Å². The molecule has 0 unspecified atom stereocenters. The smallest absolute Gasteiger partial charge is 0.143 e. The van der Waals surface area contributed by atoms with Gasteiger partial charge in [0.25, 0.3) is 0 Å². The summed E-state index contributed by atoms with van der Waals surface area (Å²) in [6.07, 6.45) is 7.67. The zero-order chi connectivity index (χ0) is 16.2. The lowest BCUT2D eigenvalue weighted by Gasteiger charge is -2.16. The number of dihydropyridines is 1. The van der Waals surface area contributed by atoms with Gasteiger partial charge in [0.05, 0.1) is 24.8 Å². The van der Waals surface area contributed by atoms with Crippen LogP contribution in [0.15, 0.2) is 47.4 Å². The van der Waals surface area contributed by atoms with Gasteiger partial charge in [-0.15, -0.1) is 0 Å². The molecular weight excluding hydrogens is 290 g/mol. The van der Waals surface area contributed by atoms with Crippen molar-refractivity contribution in [2.45, 2.75) is 19.8 Å². The molecule has 0 saturated heterocycles. The van der Waals surface area contributed by atoms with Crippen molar-refractivity contribution in [3.8, 4) is 11.4 Å². The molecule has 6 nitrogen and oxygen atoms in total. The number of aryl methyl sites for hydroxylation is 1. The minimum absolute atomic E-state index is 0.766. The molecule has 120 valence electrons. The van der Waals surface area contributed by atoms with Crippen molar-refractivity contribution in [1.29, 1.82) is 0 Å². The minimum Gasteiger partial charge on any atom is -0.495 e. The van der Waals surface area contributed by atoms with Crippen molar-refractivity contribution in [2.75, 3.05) is 13.7 Å². The maximum atomic E-state index is 5.55. The molecule has 0 atom stereocenters. The molecule has 1 aliphatic rings. The first-order valence-corrected chi connectivity index (χ1v) is 7.59. The molecule has 1 aromatic heterocycles. The fourth-order valence-corrected chi connectivity index (χ4v) is 2.73. The number of hydrogen-bond donors (Lipinski definition) is 2. The highest BCUT2D eigenvalue weighted by Gasteiger charge is 2.12. The highest BCUT2D eigenvalue weighted by atomic mass is 16.5. The Morgan fingerprint density at radius 1 is 1.39 bits per heavy atom. The molecule has 0 amide bonds. The van der Waals surface area contributed by atoms with Gasteiger partial charge in [0, 0.05) is 19.2 Å². The molecule has 1 aromatic carbocycles. The number of ether oxygens (including phenoxy) is 1. The molecule has 2 aromatic rings. The zero-order valence-electron chi connectivity index (χ0n) is 13.4. The van der Waals surface area contributed by atoms with Gasteiger partial charge in [-0.25, -0.2) is 10.8 Å². The van der Waals surface area contributed by atoms with Gasteiger partial charge >= 0.3 is 0 Å². The van der Waals surface area contributed by atoms with E-state index >= 15 is 0 Å². The fourth-order valence-electron chi connectivity index (χ4n) is 2.73. The number of aromatic nitrogens is 2. The van der Waals surface area contributed by atoms with Gasteiger partial charge in [-0.2, -0.15) is 0 Å². The quantitative estimate of drug-likeness (QED) is 0.668. The molecule has 6 heteroatoms. The van der Waals surface area contributed by atoms with Crippen LogP contribution >= 0.6 is 0 Å². The molecule has 1 aliphatic heterocycles. The number of hydrogen-bond acceptors (Lipinski definition) is 5. The third kappa shape index (κ3) is 3.27. The lowest BCUT2D eigenvalue weighted by molar-refractivity contribution is 0.412. The van der Waals surface area contributed by atoms with E-state index in [1.54, 1.807) is 13.4 Å². The Labute approximate surface area is 135 Å². The average Bonchev–Trinajstić information content (AvgIpc) is 3.01. The lowest BCUT2D eigenvalue weighted by Crippen LogP contribution is -2.33. The predicted octanol–water partition coefficient (Wildman–Crippen LogP) is 1.92. The highest BCUT2D eigenvalue weighted by molar-refractivity contribution is 5.98. The van der Waals surface area contributed by atoms with Crippen molar-refractivity contribution in [3.05, 3.63) is 53.6 Å². The summed E-state index contributed by atoms with van der Waals surface area (Å²) in [7, 11) is 1.68. The highest BCUT2D eigenvalue weighted by Crippen LogP contribution is 2.26. The summed E-state index contributed by atoms with van der Waals surface area (Å²) in [6.45, 7) is 2.75. The molecule has 0 spiro atoms. The van der Waals surface area contributed by atoms with E-state index in [1.807, 2.05) is 29.8 Å². The van der Waals surface area contributed by atoms with Crippen molar-refractivity contribution in [2.24, 2.45) is 10.8 Å². The third-order valence-electron chi connectivity index (χ3n) is 3.86. The van der Waals surface area contributed by atoms with Crippen LogP contribution in [-0.4, -0.2) is 29.0 Å². The van der Waals surface area contributed by atoms with Crippen LogP contribution in [0.3, 0.4) is 0 Å². The van der Waals surface area contributed by atoms with E-state index in [4.69, 9.17) is 10.6 Å². The summed E-state index contributed by atoms with van der Waals surface area (Å²) in [5.41, 5.74) is 6.89. The molecule has 0 fully saturated rings. The lowest BCUT2D eigenvalue weighted by atomic mass is 10.0. The maximum Gasteiger partial charge on any atom is 0.143 e. The molecule has 0 saturated carbocycles. The number of nitrogens with two attached hydrogens (primary N) is 1. The normalized spacial score (nSPS) is 14.2. The molecule has 0 aliphatic carbocycles. The third-order valence-corrected chi connectivity index (χ3v) is 3.86. The van der Waals surface area contributed by atoms with Gasteiger partial charge in [0.15, 0.2) is 0 Å². The van der Waals surface area contributed by atoms with Crippen LogP contribution in [0.25, 0.3) is 5.69 Å².